The Hall–Kier alpha value is -0.900. The lowest BCUT2D eigenvalue weighted by atomic mass is 10.0. The first-order valence-electron chi connectivity index (χ1n) is 7.50. The molecule has 3 nitrogen and oxygen atoms in total. The summed E-state index contributed by atoms with van der Waals surface area (Å²) in [5.41, 5.74) is 1.44. The van der Waals surface area contributed by atoms with Crippen molar-refractivity contribution >= 4 is 0 Å². The fourth-order valence-electron chi connectivity index (χ4n) is 3.26. The van der Waals surface area contributed by atoms with Crippen LogP contribution in [0.3, 0.4) is 0 Å². The van der Waals surface area contributed by atoms with Crippen molar-refractivity contribution in [3.05, 3.63) is 35.9 Å². The van der Waals surface area contributed by atoms with Gasteiger partial charge < -0.3 is 4.74 Å². The lowest BCUT2D eigenvalue weighted by Crippen LogP contribution is -2.51. The van der Waals surface area contributed by atoms with Crippen molar-refractivity contribution in [1.82, 2.24) is 9.80 Å². The van der Waals surface area contributed by atoms with Gasteiger partial charge >= 0.3 is 0 Å². The number of hydrogen-bond donors (Lipinski definition) is 0. The average Bonchev–Trinajstić information content (AvgIpc) is 2.49. The Bertz CT molecular complexity index is 376. The van der Waals surface area contributed by atoms with E-state index in [9.17, 15) is 0 Å². The number of nitrogens with zero attached hydrogens (tertiary/aromatic N) is 2. The smallest absolute Gasteiger partial charge is 0.0594 e. The summed E-state index contributed by atoms with van der Waals surface area (Å²) in [6.45, 7) is 7.62. The van der Waals surface area contributed by atoms with Crippen molar-refractivity contribution in [3.8, 4) is 0 Å². The highest BCUT2D eigenvalue weighted by molar-refractivity contribution is 5.14. The van der Waals surface area contributed by atoms with Crippen LogP contribution in [0, 0.1) is 0 Å². The first-order valence-corrected chi connectivity index (χ1v) is 7.50. The minimum absolute atomic E-state index is 0.737. The molecule has 2 heterocycles. The molecule has 1 unspecified atom stereocenters. The van der Waals surface area contributed by atoms with Crippen molar-refractivity contribution in [1.29, 1.82) is 0 Å². The molecular formula is C16H24N2O. The minimum atomic E-state index is 0.737. The number of hydrogen-bond acceptors (Lipinski definition) is 3. The fourth-order valence-corrected chi connectivity index (χ4v) is 3.26. The summed E-state index contributed by atoms with van der Waals surface area (Å²) < 4.78 is 5.46. The molecule has 2 aliphatic rings. The van der Waals surface area contributed by atoms with Crippen LogP contribution in [0.25, 0.3) is 0 Å². The summed E-state index contributed by atoms with van der Waals surface area (Å²) in [7, 11) is 0. The zero-order valence-corrected chi connectivity index (χ0v) is 11.6. The number of morpholine rings is 1. The third-order valence-corrected chi connectivity index (χ3v) is 4.29. The summed E-state index contributed by atoms with van der Waals surface area (Å²) >= 11 is 0. The summed E-state index contributed by atoms with van der Waals surface area (Å²) in [4.78, 5) is 5.24. The number of piperidine rings is 1. The van der Waals surface area contributed by atoms with Crippen molar-refractivity contribution < 1.29 is 4.74 Å². The highest BCUT2D eigenvalue weighted by atomic mass is 16.5. The van der Waals surface area contributed by atoms with E-state index < -0.39 is 0 Å². The Labute approximate surface area is 116 Å². The molecule has 1 atom stereocenters. The molecule has 104 valence electrons. The van der Waals surface area contributed by atoms with E-state index in [1.165, 1.54) is 31.5 Å². The minimum Gasteiger partial charge on any atom is -0.379 e. The van der Waals surface area contributed by atoms with Gasteiger partial charge in [0.1, 0.15) is 0 Å². The van der Waals surface area contributed by atoms with Crippen LogP contribution in [-0.2, 0) is 11.3 Å². The zero-order chi connectivity index (χ0) is 12.9. The SMILES string of the molecule is c1ccc(CN2CCCC(N3CCOCC3)C2)cc1. The van der Waals surface area contributed by atoms with Gasteiger partial charge in [-0.05, 0) is 24.9 Å². The molecule has 3 rings (SSSR count). The van der Waals surface area contributed by atoms with Crippen LogP contribution in [0.15, 0.2) is 30.3 Å². The lowest BCUT2D eigenvalue weighted by Gasteiger charge is -2.40. The standard InChI is InChI=1S/C16H24N2O/c1-2-5-15(6-3-1)13-17-8-4-7-16(14-17)18-9-11-19-12-10-18/h1-3,5-6,16H,4,7-14H2. The van der Waals surface area contributed by atoms with Crippen molar-refractivity contribution in [2.75, 3.05) is 39.4 Å². The lowest BCUT2D eigenvalue weighted by molar-refractivity contribution is -0.00358. The van der Waals surface area contributed by atoms with Crippen molar-refractivity contribution in [2.24, 2.45) is 0 Å². The predicted octanol–water partition coefficient (Wildman–Crippen LogP) is 1.98. The van der Waals surface area contributed by atoms with Crippen LogP contribution >= 0.6 is 0 Å². The molecule has 0 saturated carbocycles. The van der Waals surface area contributed by atoms with Crippen LogP contribution in [-0.4, -0.2) is 55.2 Å². The first-order chi connectivity index (χ1) is 9.42. The van der Waals surface area contributed by atoms with Crippen LogP contribution < -0.4 is 0 Å². The number of likely N-dealkylation sites (tertiary alicyclic amines) is 1. The maximum absolute atomic E-state index is 5.46. The Kier molecular flexibility index (Phi) is 4.49. The first kappa shape index (κ1) is 13.1. The maximum Gasteiger partial charge on any atom is 0.0594 e. The second kappa shape index (κ2) is 6.51. The molecule has 2 saturated heterocycles. The topological polar surface area (TPSA) is 15.7 Å². The van der Waals surface area contributed by atoms with Gasteiger partial charge in [0.05, 0.1) is 13.2 Å². The molecule has 0 spiro atoms. The van der Waals surface area contributed by atoms with Gasteiger partial charge in [-0.1, -0.05) is 30.3 Å². The highest BCUT2D eigenvalue weighted by Gasteiger charge is 2.26. The van der Waals surface area contributed by atoms with E-state index in [1.54, 1.807) is 0 Å². The van der Waals surface area contributed by atoms with E-state index in [1.807, 2.05) is 0 Å². The monoisotopic (exact) mass is 260 g/mol. The van der Waals surface area contributed by atoms with Gasteiger partial charge in [-0.3, -0.25) is 9.80 Å². The number of ether oxygens (including phenoxy) is 1. The van der Waals surface area contributed by atoms with E-state index in [-0.39, 0.29) is 0 Å². The van der Waals surface area contributed by atoms with Gasteiger partial charge in [-0.15, -0.1) is 0 Å². The van der Waals surface area contributed by atoms with Crippen molar-refractivity contribution in [2.45, 2.75) is 25.4 Å². The molecule has 0 bridgehead atoms. The van der Waals surface area contributed by atoms with Gasteiger partial charge in [0, 0.05) is 32.2 Å². The van der Waals surface area contributed by atoms with Crippen LogP contribution in [0.4, 0.5) is 0 Å². The molecule has 0 aliphatic carbocycles. The van der Waals surface area contributed by atoms with Gasteiger partial charge in [0.15, 0.2) is 0 Å². The quantitative estimate of drug-likeness (QED) is 0.826. The highest BCUT2D eigenvalue weighted by Crippen LogP contribution is 2.18. The molecule has 3 heteroatoms. The summed E-state index contributed by atoms with van der Waals surface area (Å²) in [6, 6.07) is 11.6. The van der Waals surface area contributed by atoms with Gasteiger partial charge in [-0.25, -0.2) is 0 Å². The van der Waals surface area contributed by atoms with Gasteiger partial charge in [0.2, 0.25) is 0 Å². The molecule has 1 aromatic carbocycles. The second-order valence-corrected chi connectivity index (χ2v) is 5.67. The normalized spacial score (nSPS) is 26.4. The molecule has 2 fully saturated rings. The second-order valence-electron chi connectivity index (χ2n) is 5.67. The molecule has 19 heavy (non-hydrogen) atoms. The Morgan fingerprint density at radius 1 is 1.05 bits per heavy atom. The van der Waals surface area contributed by atoms with Crippen LogP contribution in [0.1, 0.15) is 18.4 Å². The molecule has 0 aromatic heterocycles. The summed E-state index contributed by atoms with van der Waals surface area (Å²) in [5, 5.41) is 0. The zero-order valence-electron chi connectivity index (χ0n) is 11.6. The van der Waals surface area contributed by atoms with E-state index in [2.05, 4.69) is 40.1 Å². The predicted molar refractivity (Wildman–Crippen MR) is 77.1 cm³/mol. The van der Waals surface area contributed by atoms with Gasteiger partial charge in [0.25, 0.3) is 0 Å². The Morgan fingerprint density at radius 3 is 2.63 bits per heavy atom. The molecule has 1 aromatic rings. The third kappa shape index (κ3) is 3.56. The number of benzene rings is 1. The van der Waals surface area contributed by atoms with E-state index in [0.29, 0.717) is 0 Å². The Balaban J connectivity index is 1.55. The van der Waals surface area contributed by atoms with Gasteiger partial charge in [-0.2, -0.15) is 0 Å². The van der Waals surface area contributed by atoms with E-state index >= 15 is 0 Å². The molecule has 2 aliphatic heterocycles. The van der Waals surface area contributed by atoms with Crippen molar-refractivity contribution in [3.63, 3.8) is 0 Å². The van der Waals surface area contributed by atoms with E-state index in [4.69, 9.17) is 4.74 Å². The molecule has 0 amide bonds. The largest absolute Gasteiger partial charge is 0.379 e. The average molecular weight is 260 g/mol. The molecule has 0 radical (unpaired) electrons. The molecule has 0 N–H and O–H groups in total. The summed E-state index contributed by atoms with van der Waals surface area (Å²) in [5.74, 6) is 0. The number of rotatable bonds is 3. The Morgan fingerprint density at radius 2 is 1.84 bits per heavy atom. The van der Waals surface area contributed by atoms with E-state index in [0.717, 1.165) is 38.9 Å². The fraction of sp³-hybridized carbons (Fsp3) is 0.625. The molecular weight excluding hydrogens is 236 g/mol. The summed E-state index contributed by atoms with van der Waals surface area (Å²) in [6.07, 6.45) is 2.68. The third-order valence-electron chi connectivity index (χ3n) is 4.29. The van der Waals surface area contributed by atoms with Crippen LogP contribution in [0.5, 0.6) is 0 Å². The van der Waals surface area contributed by atoms with Crippen LogP contribution in [0.2, 0.25) is 0 Å². The maximum atomic E-state index is 5.46.